The molecular weight excluding hydrogens is 295 g/mol. The maximum atomic E-state index is 6.28. The van der Waals surface area contributed by atoms with Gasteiger partial charge in [0.2, 0.25) is 0 Å². The van der Waals surface area contributed by atoms with E-state index in [1.807, 2.05) is 12.1 Å². The zero-order valence-electron chi connectivity index (χ0n) is 12.0. The Kier molecular flexibility index (Phi) is 6.12. The first-order valence-electron chi connectivity index (χ1n) is 7.07. The Balaban J connectivity index is 2.08. The number of benzene rings is 1. The molecule has 1 fully saturated rings. The van der Waals surface area contributed by atoms with E-state index in [1.54, 1.807) is 6.07 Å². The van der Waals surface area contributed by atoms with Gasteiger partial charge in [-0.1, -0.05) is 36.2 Å². The van der Waals surface area contributed by atoms with Gasteiger partial charge in [0, 0.05) is 29.2 Å². The fraction of sp³-hybridized carbons (Fsp3) is 0.600. The van der Waals surface area contributed by atoms with E-state index >= 15 is 0 Å². The summed E-state index contributed by atoms with van der Waals surface area (Å²) < 4.78 is 5.93. The van der Waals surface area contributed by atoms with Gasteiger partial charge in [0.25, 0.3) is 0 Å². The molecule has 2 rings (SSSR count). The molecule has 1 aromatic rings. The smallest absolute Gasteiger partial charge is 0.0858 e. The maximum Gasteiger partial charge on any atom is 0.0858 e. The highest BCUT2D eigenvalue weighted by Crippen LogP contribution is 2.23. The summed E-state index contributed by atoms with van der Waals surface area (Å²) >= 11 is 12.2. The average molecular weight is 317 g/mol. The van der Waals surface area contributed by atoms with Crippen LogP contribution in [0.3, 0.4) is 0 Å². The first kappa shape index (κ1) is 16.1. The standard InChI is InChI=1S/C15H22Cl2N2O/c1-3-18-14(15-10-19(2)6-7-20-15)8-11-4-5-12(16)9-13(11)17/h4-5,9,14-15,18H,3,6-8,10H2,1-2H3. The van der Waals surface area contributed by atoms with Crippen LogP contribution >= 0.6 is 23.2 Å². The van der Waals surface area contributed by atoms with E-state index in [0.717, 1.165) is 43.2 Å². The lowest BCUT2D eigenvalue weighted by Gasteiger charge is -2.35. The van der Waals surface area contributed by atoms with Crippen LogP contribution in [0, 0.1) is 0 Å². The number of nitrogens with one attached hydrogen (secondary N) is 1. The predicted molar refractivity (Wildman–Crippen MR) is 84.9 cm³/mol. The molecule has 20 heavy (non-hydrogen) atoms. The fourth-order valence-electron chi connectivity index (χ4n) is 2.58. The van der Waals surface area contributed by atoms with Crippen molar-refractivity contribution in [1.29, 1.82) is 0 Å². The summed E-state index contributed by atoms with van der Waals surface area (Å²) in [6.45, 7) is 5.76. The highest BCUT2D eigenvalue weighted by Gasteiger charge is 2.26. The number of rotatable bonds is 5. The Morgan fingerprint density at radius 1 is 1.45 bits per heavy atom. The molecule has 2 atom stereocenters. The van der Waals surface area contributed by atoms with Gasteiger partial charge in [-0.05, 0) is 37.7 Å². The van der Waals surface area contributed by atoms with Crippen LogP contribution in [-0.2, 0) is 11.2 Å². The van der Waals surface area contributed by atoms with Crippen LogP contribution < -0.4 is 5.32 Å². The van der Waals surface area contributed by atoms with E-state index in [2.05, 4.69) is 24.2 Å². The summed E-state index contributed by atoms with van der Waals surface area (Å²) in [4.78, 5) is 2.31. The Hall–Kier alpha value is -0.320. The van der Waals surface area contributed by atoms with Crippen molar-refractivity contribution in [3.8, 4) is 0 Å². The van der Waals surface area contributed by atoms with Gasteiger partial charge in [0.15, 0.2) is 0 Å². The summed E-state index contributed by atoms with van der Waals surface area (Å²) in [6, 6.07) is 5.96. The summed E-state index contributed by atoms with van der Waals surface area (Å²) in [7, 11) is 2.13. The van der Waals surface area contributed by atoms with Crippen LogP contribution in [0.4, 0.5) is 0 Å². The molecule has 5 heteroatoms. The second-order valence-electron chi connectivity index (χ2n) is 5.28. The number of hydrogen-bond donors (Lipinski definition) is 1. The van der Waals surface area contributed by atoms with Gasteiger partial charge in [-0.3, -0.25) is 0 Å². The second-order valence-corrected chi connectivity index (χ2v) is 6.12. The predicted octanol–water partition coefficient (Wildman–Crippen LogP) is 2.84. The number of likely N-dealkylation sites (N-methyl/N-ethyl adjacent to an activating group) is 2. The molecule has 0 bridgehead atoms. The largest absolute Gasteiger partial charge is 0.374 e. The van der Waals surface area contributed by atoms with E-state index in [4.69, 9.17) is 27.9 Å². The molecule has 1 N–H and O–H groups in total. The zero-order chi connectivity index (χ0) is 14.5. The van der Waals surface area contributed by atoms with Gasteiger partial charge < -0.3 is 15.0 Å². The van der Waals surface area contributed by atoms with Crippen molar-refractivity contribution in [2.75, 3.05) is 33.3 Å². The van der Waals surface area contributed by atoms with Crippen molar-refractivity contribution in [3.63, 3.8) is 0 Å². The van der Waals surface area contributed by atoms with E-state index in [9.17, 15) is 0 Å². The molecule has 112 valence electrons. The topological polar surface area (TPSA) is 24.5 Å². The molecule has 0 aromatic heterocycles. The minimum atomic E-state index is 0.195. The highest BCUT2D eigenvalue weighted by molar-refractivity contribution is 6.35. The summed E-state index contributed by atoms with van der Waals surface area (Å²) in [5.74, 6) is 0. The number of nitrogens with zero attached hydrogens (tertiary/aromatic N) is 1. The fourth-order valence-corrected chi connectivity index (χ4v) is 3.06. The van der Waals surface area contributed by atoms with Crippen LogP contribution in [-0.4, -0.2) is 50.3 Å². The lowest BCUT2D eigenvalue weighted by molar-refractivity contribution is -0.0381. The molecule has 0 radical (unpaired) electrons. The van der Waals surface area contributed by atoms with Crippen LogP contribution in [0.1, 0.15) is 12.5 Å². The number of hydrogen-bond acceptors (Lipinski definition) is 3. The third-order valence-corrected chi connectivity index (χ3v) is 4.25. The van der Waals surface area contributed by atoms with Gasteiger partial charge in [0.05, 0.1) is 12.7 Å². The lowest BCUT2D eigenvalue weighted by Crippen LogP contribution is -2.52. The molecule has 0 spiro atoms. The van der Waals surface area contributed by atoms with Crippen molar-refractivity contribution in [3.05, 3.63) is 33.8 Å². The molecule has 0 aliphatic carbocycles. The van der Waals surface area contributed by atoms with Crippen LogP contribution in [0.2, 0.25) is 10.0 Å². The quantitative estimate of drug-likeness (QED) is 0.904. The Bertz CT molecular complexity index is 442. The van der Waals surface area contributed by atoms with E-state index < -0.39 is 0 Å². The lowest BCUT2D eigenvalue weighted by atomic mass is 10.00. The minimum Gasteiger partial charge on any atom is -0.374 e. The Morgan fingerprint density at radius 2 is 2.25 bits per heavy atom. The monoisotopic (exact) mass is 316 g/mol. The van der Waals surface area contributed by atoms with Crippen molar-refractivity contribution in [2.24, 2.45) is 0 Å². The molecule has 0 amide bonds. The zero-order valence-corrected chi connectivity index (χ0v) is 13.5. The summed E-state index contributed by atoms with van der Waals surface area (Å²) in [5.41, 5.74) is 1.11. The number of halogens is 2. The van der Waals surface area contributed by atoms with Crippen molar-refractivity contribution >= 4 is 23.2 Å². The van der Waals surface area contributed by atoms with Crippen molar-refractivity contribution < 1.29 is 4.74 Å². The molecule has 1 aromatic carbocycles. The van der Waals surface area contributed by atoms with E-state index in [0.29, 0.717) is 5.02 Å². The summed E-state index contributed by atoms with van der Waals surface area (Å²) in [6.07, 6.45) is 1.04. The van der Waals surface area contributed by atoms with Crippen molar-refractivity contribution in [2.45, 2.75) is 25.5 Å². The van der Waals surface area contributed by atoms with Crippen LogP contribution in [0.15, 0.2) is 18.2 Å². The maximum absolute atomic E-state index is 6.28. The molecular formula is C15H22Cl2N2O. The molecule has 1 heterocycles. The molecule has 1 saturated heterocycles. The van der Waals surface area contributed by atoms with Gasteiger partial charge in [-0.2, -0.15) is 0 Å². The Labute approximate surface area is 131 Å². The molecule has 3 nitrogen and oxygen atoms in total. The number of morpholine rings is 1. The van der Waals surface area contributed by atoms with Crippen LogP contribution in [0.5, 0.6) is 0 Å². The number of ether oxygens (including phenoxy) is 1. The second kappa shape index (κ2) is 7.62. The first-order valence-corrected chi connectivity index (χ1v) is 7.83. The van der Waals surface area contributed by atoms with Gasteiger partial charge in [0.1, 0.15) is 0 Å². The molecule has 1 aliphatic rings. The van der Waals surface area contributed by atoms with Gasteiger partial charge >= 0.3 is 0 Å². The normalized spacial score (nSPS) is 21.9. The van der Waals surface area contributed by atoms with E-state index in [-0.39, 0.29) is 12.1 Å². The van der Waals surface area contributed by atoms with Gasteiger partial charge in [-0.15, -0.1) is 0 Å². The molecule has 0 saturated carbocycles. The SMILES string of the molecule is CCNC(Cc1ccc(Cl)cc1Cl)C1CN(C)CCO1. The van der Waals surface area contributed by atoms with Crippen molar-refractivity contribution in [1.82, 2.24) is 10.2 Å². The third kappa shape index (κ3) is 4.34. The van der Waals surface area contributed by atoms with E-state index in [1.165, 1.54) is 0 Å². The summed E-state index contributed by atoms with van der Waals surface area (Å²) in [5, 5.41) is 4.92. The Morgan fingerprint density at radius 3 is 2.90 bits per heavy atom. The van der Waals surface area contributed by atoms with Crippen LogP contribution in [0.25, 0.3) is 0 Å². The minimum absolute atomic E-state index is 0.195. The highest BCUT2D eigenvalue weighted by atomic mass is 35.5. The molecule has 1 aliphatic heterocycles. The first-order chi connectivity index (χ1) is 9.60. The average Bonchev–Trinajstić information content (AvgIpc) is 2.41. The molecule has 2 unspecified atom stereocenters. The third-order valence-electron chi connectivity index (χ3n) is 3.67. The van der Waals surface area contributed by atoms with Gasteiger partial charge in [-0.25, -0.2) is 0 Å².